The standard InChI is InChI=1S/C4HCl2N3O2.C4H3Cl2N3.Fe/c5-3-2(9(10)11)4(6)8-1-7-3;5-3-2(7)4(6)9-1-8-3;/h1H;1H,7H2;. The fourth-order valence-corrected chi connectivity index (χ4v) is 1.61. The van der Waals surface area contributed by atoms with Gasteiger partial charge in [-0.25, -0.2) is 19.9 Å². The van der Waals surface area contributed by atoms with Crippen LogP contribution < -0.4 is 5.73 Å². The van der Waals surface area contributed by atoms with Crippen molar-refractivity contribution in [2.24, 2.45) is 0 Å². The van der Waals surface area contributed by atoms with Crippen molar-refractivity contribution in [1.29, 1.82) is 0 Å². The van der Waals surface area contributed by atoms with Crippen LogP contribution in [0.2, 0.25) is 20.6 Å². The summed E-state index contributed by atoms with van der Waals surface area (Å²) in [6.45, 7) is 0. The molecule has 0 fully saturated rings. The molecule has 2 heterocycles. The van der Waals surface area contributed by atoms with Gasteiger partial charge in [-0.2, -0.15) is 0 Å². The van der Waals surface area contributed by atoms with Gasteiger partial charge in [0.05, 0.1) is 4.92 Å². The second-order valence-electron chi connectivity index (χ2n) is 2.93. The van der Waals surface area contributed by atoms with E-state index in [9.17, 15) is 10.1 Å². The molecule has 0 saturated heterocycles. The van der Waals surface area contributed by atoms with E-state index in [1.165, 1.54) is 6.33 Å². The van der Waals surface area contributed by atoms with Crippen LogP contribution in [0.25, 0.3) is 0 Å². The molecular weight excluding hydrogens is 410 g/mol. The predicted molar refractivity (Wildman–Crippen MR) is 75.2 cm³/mol. The molecule has 0 spiro atoms. The Hall–Kier alpha value is -0.961. The van der Waals surface area contributed by atoms with Crippen LogP contribution in [0.4, 0.5) is 11.4 Å². The summed E-state index contributed by atoms with van der Waals surface area (Å²) in [5, 5.41) is 10.1. The summed E-state index contributed by atoms with van der Waals surface area (Å²) in [6, 6.07) is 0. The SMILES string of the molecule is Nc1c(Cl)ncnc1Cl.O=[N+]([O-])c1c(Cl)ncnc1Cl.[Fe]. The normalized spacial score (nSPS) is 9.14. The van der Waals surface area contributed by atoms with Crippen molar-refractivity contribution in [3.05, 3.63) is 43.4 Å². The number of halogens is 4. The maximum Gasteiger partial charge on any atom is 0.343 e. The zero-order chi connectivity index (χ0) is 15.3. The van der Waals surface area contributed by atoms with Gasteiger partial charge in [-0.1, -0.05) is 46.4 Å². The molecule has 0 aliphatic heterocycles. The Morgan fingerprint density at radius 3 is 1.48 bits per heavy atom. The molecule has 2 rings (SSSR count). The molecule has 0 saturated carbocycles. The quantitative estimate of drug-likeness (QED) is 0.330. The summed E-state index contributed by atoms with van der Waals surface area (Å²) in [6.07, 6.45) is 2.30. The average molecular weight is 414 g/mol. The van der Waals surface area contributed by atoms with Crippen LogP contribution in [0.1, 0.15) is 0 Å². The Kier molecular flexibility index (Phi) is 8.72. The summed E-state index contributed by atoms with van der Waals surface area (Å²) in [7, 11) is 0. The number of hydrogen-bond acceptors (Lipinski definition) is 7. The van der Waals surface area contributed by atoms with Crippen LogP contribution in [-0.4, -0.2) is 24.9 Å². The van der Waals surface area contributed by atoms with Crippen molar-refractivity contribution in [2.75, 3.05) is 5.73 Å². The molecule has 0 atom stereocenters. The minimum absolute atomic E-state index is 0. The van der Waals surface area contributed by atoms with Crippen molar-refractivity contribution >= 4 is 57.8 Å². The first-order valence-electron chi connectivity index (χ1n) is 4.56. The monoisotopic (exact) mass is 412 g/mol. The third-order valence-corrected chi connectivity index (χ3v) is 2.86. The average Bonchev–Trinajstić information content (AvgIpc) is 2.36. The van der Waals surface area contributed by atoms with Gasteiger partial charge in [0.2, 0.25) is 10.3 Å². The smallest absolute Gasteiger partial charge is 0.343 e. The van der Waals surface area contributed by atoms with Crippen molar-refractivity contribution in [1.82, 2.24) is 19.9 Å². The maximum atomic E-state index is 10.2. The number of nitrogen functional groups attached to an aromatic ring is 1. The van der Waals surface area contributed by atoms with Crippen LogP contribution in [0.3, 0.4) is 0 Å². The first kappa shape index (κ1) is 20.0. The fourth-order valence-electron chi connectivity index (χ4n) is 0.843. The number of rotatable bonds is 1. The van der Waals surface area contributed by atoms with Crippen LogP contribution in [0.15, 0.2) is 12.7 Å². The van der Waals surface area contributed by atoms with E-state index in [0.29, 0.717) is 0 Å². The largest absolute Gasteiger partial charge is 0.394 e. The van der Waals surface area contributed by atoms with Gasteiger partial charge in [0.15, 0.2) is 10.3 Å². The Labute approximate surface area is 148 Å². The molecule has 0 aromatic carbocycles. The molecule has 2 aromatic heterocycles. The molecule has 2 aromatic rings. The molecule has 21 heavy (non-hydrogen) atoms. The van der Waals surface area contributed by atoms with E-state index < -0.39 is 10.6 Å². The zero-order valence-electron chi connectivity index (χ0n) is 9.65. The van der Waals surface area contributed by atoms with E-state index in [-0.39, 0.29) is 43.4 Å². The molecule has 8 nitrogen and oxygen atoms in total. The van der Waals surface area contributed by atoms with Crippen LogP contribution >= 0.6 is 46.4 Å². The Morgan fingerprint density at radius 2 is 1.24 bits per heavy atom. The number of nitro groups is 1. The molecule has 13 heteroatoms. The van der Waals surface area contributed by atoms with E-state index in [0.717, 1.165) is 6.33 Å². The molecule has 0 aliphatic carbocycles. The second-order valence-corrected chi connectivity index (χ2v) is 4.36. The van der Waals surface area contributed by atoms with Crippen molar-refractivity contribution in [3.8, 4) is 0 Å². The first-order chi connectivity index (χ1) is 9.34. The minimum atomic E-state index is -0.731. The second kappa shape index (κ2) is 9.14. The fraction of sp³-hybridized carbons (Fsp3) is 0. The Balaban J connectivity index is 0.000000370. The number of anilines is 1. The molecule has 0 bridgehead atoms. The number of aromatic nitrogens is 4. The van der Waals surface area contributed by atoms with Gasteiger partial charge >= 0.3 is 5.69 Å². The van der Waals surface area contributed by atoms with Crippen molar-refractivity contribution < 1.29 is 22.0 Å². The van der Waals surface area contributed by atoms with Crippen LogP contribution in [0.5, 0.6) is 0 Å². The predicted octanol–water partition coefficient (Wildman–Crippen LogP) is 3.05. The van der Waals surface area contributed by atoms with Crippen LogP contribution in [-0.2, 0) is 17.1 Å². The van der Waals surface area contributed by atoms with E-state index >= 15 is 0 Å². The van der Waals surface area contributed by atoms with Gasteiger partial charge in [-0.05, 0) is 0 Å². The van der Waals surface area contributed by atoms with Gasteiger partial charge in [0.1, 0.15) is 18.3 Å². The van der Waals surface area contributed by atoms with E-state index in [1.54, 1.807) is 0 Å². The number of nitrogens with two attached hydrogens (primary N) is 1. The van der Waals surface area contributed by atoms with Crippen LogP contribution in [0, 0.1) is 10.1 Å². The molecule has 114 valence electrons. The minimum Gasteiger partial charge on any atom is -0.394 e. The zero-order valence-corrected chi connectivity index (χ0v) is 13.8. The summed E-state index contributed by atoms with van der Waals surface area (Å²) in [5.41, 5.74) is 5.05. The summed E-state index contributed by atoms with van der Waals surface area (Å²) >= 11 is 21.6. The molecule has 0 amide bonds. The van der Waals surface area contributed by atoms with Gasteiger partial charge in [-0.15, -0.1) is 0 Å². The number of hydrogen-bond donors (Lipinski definition) is 1. The first-order valence-corrected chi connectivity index (χ1v) is 6.07. The van der Waals surface area contributed by atoms with Crippen molar-refractivity contribution in [2.45, 2.75) is 0 Å². The summed E-state index contributed by atoms with van der Waals surface area (Å²) < 4.78 is 0. The topological polar surface area (TPSA) is 121 Å². The van der Waals surface area contributed by atoms with E-state index in [1.807, 2.05) is 0 Å². The molecule has 2 N–H and O–H groups in total. The Morgan fingerprint density at radius 1 is 0.905 bits per heavy atom. The van der Waals surface area contributed by atoms with Gasteiger partial charge in [0, 0.05) is 17.1 Å². The third-order valence-electron chi connectivity index (χ3n) is 1.70. The summed E-state index contributed by atoms with van der Waals surface area (Å²) in [5.74, 6) is 0. The van der Waals surface area contributed by atoms with Crippen molar-refractivity contribution in [3.63, 3.8) is 0 Å². The van der Waals surface area contributed by atoms with Gasteiger partial charge in [-0.3, -0.25) is 10.1 Å². The van der Waals surface area contributed by atoms with Gasteiger partial charge < -0.3 is 5.73 Å². The molecule has 0 radical (unpaired) electrons. The van der Waals surface area contributed by atoms with Gasteiger partial charge in [0.25, 0.3) is 0 Å². The number of nitrogens with zero attached hydrogens (tertiary/aromatic N) is 5. The Bertz CT molecular complexity index is 606. The summed E-state index contributed by atoms with van der Waals surface area (Å²) in [4.78, 5) is 23.4. The third kappa shape index (κ3) is 5.74. The van der Waals surface area contributed by atoms with E-state index in [4.69, 9.17) is 52.1 Å². The maximum absolute atomic E-state index is 10.2. The molecule has 0 unspecified atom stereocenters. The molecule has 0 aliphatic rings. The molecular formula is C8H4Cl4FeN6O2. The van der Waals surface area contributed by atoms with E-state index in [2.05, 4.69) is 19.9 Å².